The summed E-state index contributed by atoms with van der Waals surface area (Å²) < 4.78 is 5.21. The summed E-state index contributed by atoms with van der Waals surface area (Å²) in [5.41, 5.74) is 0.777. The molecule has 0 aliphatic carbocycles. The number of fused-ring (bicyclic) bond motifs is 1. The van der Waals surface area contributed by atoms with Crippen LogP contribution in [0, 0.1) is 0 Å². The lowest BCUT2D eigenvalue weighted by molar-refractivity contribution is 0.0524. The molecule has 0 fully saturated rings. The van der Waals surface area contributed by atoms with Crippen LogP contribution in [0.15, 0.2) is 6.07 Å². The van der Waals surface area contributed by atoms with E-state index in [-0.39, 0.29) is 11.5 Å². The summed E-state index contributed by atoms with van der Waals surface area (Å²) in [7, 11) is 0. The zero-order chi connectivity index (χ0) is 14.0. The molecule has 1 aromatic rings. The normalized spacial score (nSPS) is 18.8. The van der Waals surface area contributed by atoms with Gasteiger partial charge in [0.15, 0.2) is 0 Å². The molecular formula is C13H20N2O2S2. The Bertz CT molecular complexity index is 466. The van der Waals surface area contributed by atoms with Gasteiger partial charge in [0.2, 0.25) is 0 Å². The highest BCUT2D eigenvalue weighted by molar-refractivity contribution is 7.80. The second-order valence-electron chi connectivity index (χ2n) is 5.55. The van der Waals surface area contributed by atoms with E-state index in [1.807, 2.05) is 20.8 Å². The van der Waals surface area contributed by atoms with Crippen molar-refractivity contribution in [1.82, 2.24) is 10.6 Å². The largest absolute Gasteiger partial charge is 0.444 e. The molecule has 0 saturated carbocycles. The summed E-state index contributed by atoms with van der Waals surface area (Å²) in [4.78, 5) is 14.1. The molecule has 1 aromatic heterocycles. The summed E-state index contributed by atoms with van der Waals surface area (Å²) in [5, 5.41) is 6.20. The highest BCUT2D eigenvalue weighted by Gasteiger charge is 2.20. The number of ether oxygens (including phenoxy) is 1. The Hall–Kier alpha value is -0.720. The van der Waals surface area contributed by atoms with E-state index in [0.717, 1.165) is 17.8 Å². The van der Waals surface area contributed by atoms with Gasteiger partial charge in [0, 0.05) is 16.3 Å². The number of hydrogen-bond acceptors (Lipinski definition) is 5. The van der Waals surface area contributed by atoms with Gasteiger partial charge < -0.3 is 15.4 Å². The third kappa shape index (κ3) is 4.12. The molecule has 6 heteroatoms. The van der Waals surface area contributed by atoms with Crippen LogP contribution in [-0.4, -0.2) is 18.2 Å². The van der Waals surface area contributed by atoms with Crippen molar-refractivity contribution in [2.75, 3.05) is 6.54 Å². The molecule has 0 bridgehead atoms. The summed E-state index contributed by atoms with van der Waals surface area (Å²) in [6.45, 7) is 7.03. The van der Waals surface area contributed by atoms with Gasteiger partial charge in [-0.1, -0.05) is 0 Å². The SMILES string of the molecule is CC(C)(C)OC(=O)NCc1cc2c(s1)CCNC2S. The average Bonchev–Trinajstić information content (AvgIpc) is 2.68. The van der Waals surface area contributed by atoms with E-state index in [0.29, 0.717) is 6.54 Å². The monoisotopic (exact) mass is 300 g/mol. The number of alkyl carbamates (subject to hydrolysis) is 1. The molecule has 2 rings (SSSR count). The van der Waals surface area contributed by atoms with Crippen LogP contribution in [-0.2, 0) is 17.7 Å². The van der Waals surface area contributed by atoms with Crippen molar-refractivity contribution in [1.29, 1.82) is 0 Å². The highest BCUT2D eigenvalue weighted by Crippen LogP contribution is 2.32. The Morgan fingerprint density at radius 3 is 3.00 bits per heavy atom. The Labute approximate surface area is 123 Å². The van der Waals surface area contributed by atoms with Crippen LogP contribution in [0.1, 0.15) is 41.5 Å². The van der Waals surface area contributed by atoms with Crippen LogP contribution in [0.4, 0.5) is 4.79 Å². The maximum absolute atomic E-state index is 11.6. The van der Waals surface area contributed by atoms with E-state index in [1.165, 1.54) is 10.4 Å². The fourth-order valence-electron chi connectivity index (χ4n) is 1.92. The minimum Gasteiger partial charge on any atom is -0.444 e. The molecule has 0 spiro atoms. The van der Waals surface area contributed by atoms with E-state index in [4.69, 9.17) is 4.74 Å². The molecule has 1 unspecified atom stereocenters. The third-order valence-electron chi connectivity index (χ3n) is 2.68. The molecule has 1 aliphatic rings. The van der Waals surface area contributed by atoms with E-state index in [2.05, 4.69) is 29.3 Å². The van der Waals surface area contributed by atoms with Crippen LogP contribution in [0.5, 0.6) is 0 Å². The van der Waals surface area contributed by atoms with Crippen molar-refractivity contribution < 1.29 is 9.53 Å². The van der Waals surface area contributed by atoms with Crippen molar-refractivity contribution in [3.8, 4) is 0 Å². The van der Waals surface area contributed by atoms with Crippen LogP contribution in [0.2, 0.25) is 0 Å². The minimum absolute atomic E-state index is 0.107. The molecule has 4 nitrogen and oxygen atoms in total. The molecule has 1 aliphatic heterocycles. The van der Waals surface area contributed by atoms with Crippen LogP contribution in [0.3, 0.4) is 0 Å². The standard InChI is InChI=1S/C13H20N2O2S2/c1-13(2,3)17-12(16)15-7-8-6-9-10(19-8)4-5-14-11(9)18/h6,11,14,18H,4-5,7H2,1-3H3,(H,15,16). The Balaban J connectivity index is 1.92. The second kappa shape index (κ2) is 5.73. The molecule has 0 saturated heterocycles. The van der Waals surface area contributed by atoms with Gasteiger partial charge in [0.25, 0.3) is 0 Å². The first-order valence-corrected chi connectivity index (χ1v) is 7.68. The van der Waals surface area contributed by atoms with Gasteiger partial charge in [-0.25, -0.2) is 4.79 Å². The second-order valence-corrected chi connectivity index (χ2v) is 7.29. The number of carbonyl (C=O) groups is 1. The average molecular weight is 300 g/mol. The number of nitrogens with one attached hydrogen (secondary N) is 2. The summed E-state index contributed by atoms with van der Waals surface area (Å²) >= 11 is 6.24. The maximum atomic E-state index is 11.6. The van der Waals surface area contributed by atoms with Crippen LogP contribution < -0.4 is 10.6 Å². The molecule has 2 N–H and O–H groups in total. The number of thiol groups is 1. The smallest absolute Gasteiger partial charge is 0.407 e. The van der Waals surface area contributed by atoms with Gasteiger partial charge in [-0.15, -0.1) is 11.3 Å². The molecule has 2 heterocycles. The fraction of sp³-hybridized carbons (Fsp3) is 0.615. The van der Waals surface area contributed by atoms with Crippen molar-refractivity contribution >= 4 is 30.1 Å². The van der Waals surface area contributed by atoms with Crippen molar-refractivity contribution in [2.45, 2.75) is 44.7 Å². The molecule has 0 aromatic carbocycles. The first kappa shape index (κ1) is 14.7. The van der Waals surface area contributed by atoms with E-state index in [9.17, 15) is 4.79 Å². The highest BCUT2D eigenvalue weighted by atomic mass is 32.1. The quantitative estimate of drug-likeness (QED) is 0.736. The number of hydrogen-bond donors (Lipinski definition) is 3. The number of rotatable bonds is 2. The summed E-state index contributed by atoms with van der Waals surface area (Å²) in [5.74, 6) is 0. The van der Waals surface area contributed by atoms with Gasteiger partial charge >= 0.3 is 6.09 Å². The van der Waals surface area contributed by atoms with Gasteiger partial charge in [0.1, 0.15) is 5.60 Å². The maximum Gasteiger partial charge on any atom is 0.407 e. The van der Waals surface area contributed by atoms with Crippen LogP contribution >= 0.6 is 24.0 Å². The minimum atomic E-state index is -0.459. The molecular weight excluding hydrogens is 280 g/mol. The topological polar surface area (TPSA) is 50.4 Å². The number of thiophene rings is 1. The first-order chi connectivity index (χ1) is 8.85. The Morgan fingerprint density at radius 2 is 2.37 bits per heavy atom. The van der Waals surface area contributed by atoms with Crippen molar-refractivity contribution in [3.63, 3.8) is 0 Å². The first-order valence-electron chi connectivity index (χ1n) is 6.35. The van der Waals surface area contributed by atoms with Crippen molar-refractivity contribution in [3.05, 3.63) is 21.4 Å². The van der Waals surface area contributed by atoms with E-state index < -0.39 is 5.60 Å². The van der Waals surface area contributed by atoms with Crippen LogP contribution in [0.25, 0.3) is 0 Å². The van der Waals surface area contributed by atoms with Crippen molar-refractivity contribution in [2.24, 2.45) is 0 Å². The zero-order valence-corrected chi connectivity index (χ0v) is 13.2. The zero-order valence-electron chi connectivity index (χ0n) is 11.4. The molecule has 0 radical (unpaired) electrons. The Morgan fingerprint density at radius 1 is 1.63 bits per heavy atom. The number of amides is 1. The van der Waals surface area contributed by atoms with Gasteiger partial charge in [-0.3, -0.25) is 0 Å². The van der Waals surface area contributed by atoms with Gasteiger partial charge in [-0.2, -0.15) is 12.6 Å². The predicted octanol–water partition coefficient (Wildman–Crippen LogP) is 2.85. The molecule has 1 atom stereocenters. The lowest BCUT2D eigenvalue weighted by atomic mass is 10.1. The van der Waals surface area contributed by atoms with E-state index >= 15 is 0 Å². The molecule has 106 valence electrons. The molecule has 19 heavy (non-hydrogen) atoms. The Kier molecular flexibility index (Phi) is 4.43. The third-order valence-corrected chi connectivity index (χ3v) is 4.35. The lowest BCUT2D eigenvalue weighted by Crippen LogP contribution is -2.31. The summed E-state index contributed by atoms with van der Waals surface area (Å²) in [6, 6.07) is 2.11. The fourth-order valence-corrected chi connectivity index (χ4v) is 3.51. The lowest BCUT2D eigenvalue weighted by Gasteiger charge is -2.19. The molecule has 1 amide bonds. The predicted molar refractivity (Wildman–Crippen MR) is 80.8 cm³/mol. The van der Waals surface area contributed by atoms with E-state index in [1.54, 1.807) is 11.3 Å². The summed E-state index contributed by atoms with van der Waals surface area (Å²) in [6.07, 6.45) is 0.656. The van der Waals surface area contributed by atoms with Gasteiger partial charge in [0.05, 0.1) is 11.9 Å². The number of carbonyl (C=O) groups excluding carboxylic acids is 1. The van der Waals surface area contributed by atoms with Gasteiger partial charge in [-0.05, 0) is 38.8 Å².